The van der Waals surface area contributed by atoms with Gasteiger partial charge in [-0.05, 0) is 43.3 Å². The van der Waals surface area contributed by atoms with Gasteiger partial charge in [-0.2, -0.15) is 18.2 Å². The smallest absolute Gasteiger partial charge is 0.423 e. The van der Waals surface area contributed by atoms with Crippen molar-refractivity contribution in [2.75, 3.05) is 32.6 Å². The molecule has 0 bridgehead atoms. The van der Waals surface area contributed by atoms with E-state index >= 15 is 0 Å². The average molecular weight is 575 g/mol. The van der Waals surface area contributed by atoms with E-state index in [2.05, 4.69) is 25.9 Å². The molecule has 1 aromatic heterocycles. The molecule has 5 rings (SSSR count). The molecule has 0 radical (unpaired) electrons. The molecule has 2 aromatic carbocycles. The fraction of sp³-hybridized carbons (Fsp3) is 0.333. The van der Waals surface area contributed by atoms with Crippen LogP contribution in [0.2, 0.25) is 0 Å². The molecule has 14 heteroatoms. The van der Waals surface area contributed by atoms with Gasteiger partial charge in [0.05, 0.1) is 24.4 Å². The molecule has 2 atom stereocenters. The van der Waals surface area contributed by atoms with Gasteiger partial charge in [0, 0.05) is 31.4 Å². The van der Waals surface area contributed by atoms with Crippen LogP contribution >= 0.6 is 0 Å². The van der Waals surface area contributed by atoms with Crippen molar-refractivity contribution >= 4 is 23.5 Å². The Hall–Kier alpha value is -4.46. The first-order valence-electron chi connectivity index (χ1n) is 12.6. The molecule has 3 N–H and O–H groups in total. The molecule has 3 heterocycles. The number of halogens is 4. The second kappa shape index (κ2) is 11.2. The number of methoxy groups -OCH3 is 1. The normalized spacial score (nSPS) is 18.8. The maximum absolute atomic E-state index is 14.4. The van der Waals surface area contributed by atoms with Crippen molar-refractivity contribution in [1.29, 1.82) is 0 Å². The minimum Gasteiger partial charge on any atom is -0.495 e. The van der Waals surface area contributed by atoms with Gasteiger partial charge in [-0.25, -0.2) is 9.37 Å². The number of carbonyl (C=O) groups is 2. The van der Waals surface area contributed by atoms with Crippen LogP contribution in [0.3, 0.4) is 0 Å². The standard InChI is InChI=1S/C27H26F4N6O4/c1-37-9-8-18(17(28)13-37)34-23(38)14-6-7-19(21(10-14)40-2)35-26-33-12-16(27(29,30)31)25(36-26)41-20-5-3-4-15-11-32-24(39)22(15)20/h3-7,10,12,17-18H,8-9,11,13H2,1-2H3,(H,32,39)(H,34,38)(H,33,35,36)/t17-,18?/m1/s1. The number of amides is 2. The summed E-state index contributed by atoms with van der Waals surface area (Å²) >= 11 is 0. The van der Waals surface area contributed by atoms with Crippen LogP contribution in [0, 0.1) is 0 Å². The summed E-state index contributed by atoms with van der Waals surface area (Å²) < 4.78 is 66.6. The first-order valence-corrected chi connectivity index (χ1v) is 12.6. The number of nitrogens with one attached hydrogen (secondary N) is 3. The van der Waals surface area contributed by atoms with Gasteiger partial charge < -0.3 is 30.3 Å². The van der Waals surface area contributed by atoms with Gasteiger partial charge >= 0.3 is 6.18 Å². The molecule has 41 heavy (non-hydrogen) atoms. The number of hydrogen-bond donors (Lipinski definition) is 3. The highest BCUT2D eigenvalue weighted by molar-refractivity contribution is 6.01. The molecule has 1 saturated heterocycles. The minimum absolute atomic E-state index is 0.0827. The molecular formula is C27H26F4N6O4. The number of aromatic nitrogens is 2. The van der Waals surface area contributed by atoms with E-state index in [9.17, 15) is 27.2 Å². The summed E-state index contributed by atoms with van der Waals surface area (Å²) in [5, 5.41) is 8.09. The minimum atomic E-state index is -4.84. The van der Waals surface area contributed by atoms with Crippen LogP contribution in [0.1, 0.15) is 38.3 Å². The lowest BCUT2D eigenvalue weighted by atomic mass is 10.0. The van der Waals surface area contributed by atoms with Crippen LogP contribution in [0.4, 0.5) is 29.2 Å². The summed E-state index contributed by atoms with van der Waals surface area (Å²) in [5.74, 6) is -1.94. The van der Waals surface area contributed by atoms with Gasteiger partial charge in [0.15, 0.2) is 0 Å². The number of anilines is 2. The van der Waals surface area contributed by atoms with Gasteiger partial charge in [0.2, 0.25) is 11.8 Å². The van der Waals surface area contributed by atoms with E-state index < -0.39 is 41.6 Å². The largest absolute Gasteiger partial charge is 0.495 e. The molecule has 0 aliphatic carbocycles. The van der Waals surface area contributed by atoms with E-state index in [1.165, 1.54) is 31.4 Å². The Balaban J connectivity index is 1.39. The summed E-state index contributed by atoms with van der Waals surface area (Å²) in [4.78, 5) is 34.6. The molecule has 1 unspecified atom stereocenters. The quantitative estimate of drug-likeness (QED) is 0.362. The Morgan fingerprint density at radius 2 is 2.00 bits per heavy atom. The molecule has 2 amide bonds. The van der Waals surface area contributed by atoms with E-state index in [0.717, 1.165) is 0 Å². The third kappa shape index (κ3) is 6.01. The van der Waals surface area contributed by atoms with Crippen molar-refractivity contribution in [2.24, 2.45) is 0 Å². The van der Waals surface area contributed by atoms with E-state index in [-0.39, 0.29) is 47.4 Å². The fourth-order valence-electron chi connectivity index (χ4n) is 4.66. The van der Waals surface area contributed by atoms with E-state index in [0.29, 0.717) is 24.7 Å². The van der Waals surface area contributed by atoms with Gasteiger partial charge in [-0.15, -0.1) is 0 Å². The summed E-state index contributed by atoms with van der Waals surface area (Å²) in [6, 6.07) is 8.30. The Morgan fingerprint density at radius 1 is 1.20 bits per heavy atom. The van der Waals surface area contributed by atoms with Crippen LogP contribution in [-0.4, -0.2) is 66.1 Å². The van der Waals surface area contributed by atoms with Crippen LogP contribution in [0.5, 0.6) is 17.4 Å². The maximum Gasteiger partial charge on any atom is 0.423 e. The van der Waals surface area contributed by atoms with Crippen LogP contribution < -0.4 is 25.4 Å². The van der Waals surface area contributed by atoms with Crippen molar-refractivity contribution in [2.45, 2.75) is 31.4 Å². The van der Waals surface area contributed by atoms with Crippen molar-refractivity contribution in [3.05, 3.63) is 64.8 Å². The maximum atomic E-state index is 14.4. The lowest BCUT2D eigenvalue weighted by molar-refractivity contribution is -0.139. The molecule has 10 nitrogen and oxygen atoms in total. The van der Waals surface area contributed by atoms with Crippen LogP contribution in [-0.2, 0) is 12.7 Å². The molecule has 3 aromatic rings. The highest BCUT2D eigenvalue weighted by Crippen LogP contribution is 2.39. The predicted octanol–water partition coefficient (Wildman–Crippen LogP) is 4.06. The first-order chi connectivity index (χ1) is 19.5. The van der Waals surface area contributed by atoms with Crippen molar-refractivity contribution in [1.82, 2.24) is 25.5 Å². The predicted molar refractivity (Wildman–Crippen MR) is 139 cm³/mol. The number of benzene rings is 2. The third-order valence-corrected chi connectivity index (χ3v) is 6.82. The second-order valence-corrected chi connectivity index (χ2v) is 9.67. The molecule has 2 aliphatic heterocycles. The van der Waals surface area contributed by atoms with Crippen LogP contribution in [0.25, 0.3) is 0 Å². The van der Waals surface area contributed by atoms with Gasteiger partial charge in [-0.3, -0.25) is 9.59 Å². The number of ether oxygens (including phenoxy) is 2. The number of fused-ring (bicyclic) bond motifs is 1. The SMILES string of the molecule is COc1cc(C(=O)NC2CCN(C)C[C@H]2F)ccc1Nc1ncc(C(F)(F)F)c(Oc2cccc3c2C(=O)NC3)n1. The Labute approximate surface area is 232 Å². The fourth-order valence-corrected chi connectivity index (χ4v) is 4.66. The van der Waals surface area contributed by atoms with Gasteiger partial charge in [0.25, 0.3) is 11.8 Å². The molecule has 216 valence electrons. The summed E-state index contributed by atoms with van der Waals surface area (Å²) in [6.45, 7) is 1.10. The molecule has 1 fully saturated rings. The molecule has 0 saturated carbocycles. The van der Waals surface area contributed by atoms with E-state index in [1.807, 2.05) is 11.9 Å². The van der Waals surface area contributed by atoms with E-state index in [1.54, 1.807) is 12.1 Å². The molecule has 2 aliphatic rings. The van der Waals surface area contributed by atoms with Gasteiger partial charge in [0.1, 0.15) is 23.2 Å². The molecular weight excluding hydrogens is 548 g/mol. The number of nitrogens with zero attached hydrogens (tertiary/aromatic N) is 3. The highest BCUT2D eigenvalue weighted by Gasteiger charge is 2.37. The van der Waals surface area contributed by atoms with Crippen LogP contribution in [0.15, 0.2) is 42.6 Å². The zero-order valence-corrected chi connectivity index (χ0v) is 22.0. The lowest BCUT2D eigenvalue weighted by Crippen LogP contribution is -2.51. The first kappa shape index (κ1) is 28.1. The number of rotatable bonds is 7. The summed E-state index contributed by atoms with van der Waals surface area (Å²) in [5.41, 5.74) is -0.0774. The monoisotopic (exact) mass is 574 g/mol. The summed E-state index contributed by atoms with van der Waals surface area (Å²) in [7, 11) is 3.16. The topological polar surface area (TPSA) is 118 Å². The van der Waals surface area contributed by atoms with Crippen molar-refractivity contribution < 1.29 is 36.6 Å². The molecule has 0 spiro atoms. The number of hydrogen-bond acceptors (Lipinski definition) is 8. The Bertz CT molecular complexity index is 1480. The third-order valence-electron chi connectivity index (χ3n) is 6.82. The van der Waals surface area contributed by atoms with Gasteiger partial charge in [-0.1, -0.05) is 12.1 Å². The number of alkyl halides is 4. The van der Waals surface area contributed by atoms with E-state index in [4.69, 9.17) is 9.47 Å². The average Bonchev–Trinajstić information content (AvgIpc) is 3.31. The van der Waals surface area contributed by atoms with Crippen molar-refractivity contribution in [3.8, 4) is 17.4 Å². The second-order valence-electron chi connectivity index (χ2n) is 9.67. The summed E-state index contributed by atoms with van der Waals surface area (Å²) in [6.07, 6.45) is -5.02. The number of likely N-dealkylation sites (tertiary alicyclic amines) is 1. The Kier molecular flexibility index (Phi) is 7.67. The zero-order chi connectivity index (χ0) is 29.3. The number of carbonyl (C=O) groups excluding carboxylic acids is 2. The van der Waals surface area contributed by atoms with Crippen molar-refractivity contribution in [3.63, 3.8) is 0 Å². The lowest BCUT2D eigenvalue weighted by Gasteiger charge is -2.32. The highest BCUT2D eigenvalue weighted by atomic mass is 19.4. The number of piperidine rings is 1. The Morgan fingerprint density at radius 3 is 2.73 bits per heavy atom. The zero-order valence-electron chi connectivity index (χ0n) is 22.0.